The van der Waals surface area contributed by atoms with Gasteiger partial charge in [-0.25, -0.2) is 0 Å². The van der Waals surface area contributed by atoms with E-state index in [1.807, 2.05) is 48.5 Å². The van der Waals surface area contributed by atoms with E-state index < -0.39 is 0 Å². The molecule has 4 nitrogen and oxygen atoms in total. The van der Waals surface area contributed by atoms with Crippen LogP contribution in [-0.4, -0.2) is 25.9 Å². The molecule has 0 unspecified atom stereocenters. The summed E-state index contributed by atoms with van der Waals surface area (Å²) in [5, 5.41) is 5.23. The van der Waals surface area contributed by atoms with E-state index in [4.69, 9.17) is 0 Å². The van der Waals surface area contributed by atoms with E-state index in [0.717, 1.165) is 22.3 Å². The summed E-state index contributed by atoms with van der Waals surface area (Å²) in [7, 11) is 3.24. The Kier molecular flexibility index (Phi) is 5.13. The molecule has 0 aliphatic rings. The van der Waals surface area contributed by atoms with Crippen molar-refractivity contribution in [2.75, 3.05) is 14.1 Å². The summed E-state index contributed by atoms with van der Waals surface area (Å²) in [6.07, 6.45) is 0. The maximum atomic E-state index is 11.6. The predicted molar refractivity (Wildman–Crippen MR) is 104 cm³/mol. The summed E-state index contributed by atoms with van der Waals surface area (Å²) in [5.74, 6) is -0.181. The Bertz CT molecular complexity index is 833. The van der Waals surface area contributed by atoms with Crippen LogP contribution in [0.25, 0.3) is 22.3 Å². The molecule has 26 heavy (non-hydrogen) atoms. The molecule has 0 aromatic heterocycles. The van der Waals surface area contributed by atoms with Crippen molar-refractivity contribution >= 4 is 11.8 Å². The van der Waals surface area contributed by atoms with Crippen molar-refractivity contribution in [2.24, 2.45) is 0 Å². The summed E-state index contributed by atoms with van der Waals surface area (Å²) < 4.78 is 0. The molecule has 0 heterocycles. The Morgan fingerprint density at radius 2 is 0.731 bits per heavy atom. The standard InChI is InChI=1S/C22H20N2O2/c1-23-21(25)19-11-7-17(8-12-19)15-3-5-16(6-4-15)18-9-13-20(14-10-18)22(26)24-2/h3-14H,1-2H3,(H,23,25)(H,24,26). The Morgan fingerprint density at radius 3 is 0.962 bits per heavy atom. The van der Waals surface area contributed by atoms with E-state index in [1.165, 1.54) is 0 Å². The highest BCUT2D eigenvalue weighted by atomic mass is 16.2. The average molecular weight is 344 g/mol. The van der Waals surface area contributed by atoms with Crippen LogP contribution in [0.3, 0.4) is 0 Å². The zero-order valence-electron chi connectivity index (χ0n) is 14.7. The van der Waals surface area contributed by atoms with Gasteiger partial charge >= 0.3 is 0 Å². The summed E-state index contributed by atoms with van der Waals surface area (Å²) >= 11 is 0. The minimum absolute atomic E-state index is 0.0906. The summed E-state index contributed by atoms with van der Waals surface area (Å²) in [5.41, 5.74) is 5.56. The Balaban J connectivity index is 1.80. The second-order valence-corrected chi connectivity index (χ2v) is 5.89. The molecule has 2 N–H and O–H groups in total. The average Bonchev–Trinajstić information content (AvgIpc) is 2.73. The van der Waals surface area contributed by atoms with Crippen molar-refractivity contribution in [3.05, 3.63) is 83.9 Å². The third kappa shape index (κ3) is 3.64. The van der Waals surface area contributed by atoms with Crippen molar-refractivity contribution in [2.45, 2.75) is 0 Å². The normalized spacial score (nSPS) is 10.2. The number of benzene rings is 3. The zero-order chi connectivity index (χ0) is 18.5. The molecular weight excluding hydrogens is 324 g/mol. The summed E-state index contributed by atoms with van der Waals surface area (Å²) in [4.78, 5) is 23.2. The van der Waals surface area contributed by atoms with Crippen molar-refractivity contribution in [1.82, 2.24) is 10.6 Å². The van der Waals surface area contributed by atoms with Crippen LogP contribution in [0.15, 0.2) is 72.8 Å². The Labute approximate surface area is 152 Å². The lowest BCUT2D eigenvalue weighted by Crippen LogP contribution is -2.17. The molecule has 0 atom stereocenters. The van der Waals surface area contributed by atoms with Gasteiger partial charge in [0, 0.05) is 25.2 Å². The molecule has 0 saturated carbocycles. The van der Waals surface area contributed by atoms with Gasteiger partial charge < -0.3 is 10.6 Å². The molecule has 3 rings (SSSR count). The quantitative estimate of drug-likeness (QED) is 0.757. The van der Waals surface area contributed by atoms with Crippen molar-refractivity contribution in [3.8, 4) is 22.3 Å². The monoisotopic (exact) mass is 344 g/mol. The number of carbonyl (C=O) groups is 2. The van der Waals surface area contributed by atoms with Gasteiger partial charge in [0.1, 0.15) is 0 Å². The molecule has 4 heteroatoms. The highest BCUT2D eigenvalue weighted by Crippen LogP contribution is 2.25. The molecule has 0 aliphatic carbocycles. The second kappa shape index (κ2) is 7.66. The van der Waals surface area contributed by atoms with E-state index >= 15 is 0 Å². The summed E-state index contributed by atoms with van der Waals surface area (Å²) in [6, 6.07) is 23.3. The van der Waals surface area contributed by atoms with Gasteiger partial charge in [0.15, 0.2) is 0 Å². The van der Waals surface area contributed by atoms with Gasteiger partial charge in [-0.2, -0.15) is 0 Å². The van der Waals surface area contributed by atoms with Gasteiger partial charge in [-0.1, -0.05) is 48.5 Å². The minimum atomic E-state index is -0.0906. The highest BCUT2D eigenvalue weighted by Gasteiger charge is 2.06. The molecule has 3 aromatic carbocycles. The molecule has 130 valence electrons. The lowest BCUT2D eigenvalue weighted by molar-refractivity contribution is 0.0955. The third-order valence-electron chi connectivity index (χ3n) is 4.30. The fourth-order valence-corrected chi connectivity index (χ4v) is 2.77. The molecule has 3 aromatic rings. The lowest BCUT2D eigenvalue weighted by atomic mass is 9.99. The molecule has 0 fully saturated rings. The number of nitrogens with one attached hydrogen (secondary N) is 2. The van der Waals surface area contributed by atoms with Gasteiger partial charge in [-0.05, 0) is 46.5 Å². The maximum Gasteiger partial charge on any atom is 0.251 e. The molecule has 0 saturated heterocycles. The van der Waals surface area contributed by atoms with E-state index in [9.17, 15) is 9.59 Å². The molecule has 0 bridgehead atoms. The maximum absolute atomic E-state index is 11.6. The third-order valence-corrected chi connectivity index (χ3v) is 4.30. The van der Waals surface area contributed by atoms with E-state index in [2.05, 4.69) is 34.9 Å². The number of hydrogen-bond donors (Lipinski definition) is 2. The molecule has 0 spiro atoms. The smallest absolute Gasteiger partial charge is 0.251 e. The number of carbonyl (C=O) groups excluding carboxylic acids is 2. The van der Waals surface area contributed by atoms with E-state index in [1.54, 1.807) is 14.1 Å². The van der Waals surface area contributed by atoms with E-state index in [-0.39, 0.29) is 11.8 Å². The van der Waals surface area contributed by atoms with Crippen LogP contribution in [0.5, 0.6) is 0 Å². The van der Waals surface area contributed by atoms with E-state index in [0.29, 0.717) is 11.1 Å². The van der Waals surface area contributed by atoms with Gasteiger partial charge in [0.25, 0.3) is 11.8 Å². The second-order valence-electron chi connectivity index (χ2n) is 5.89. The van der Waals surface area contributed by atoms with Crippen LogP contribution >= 0.6 is 0 Å². The van der Waals surface area contributed by atoms with Crippen molar-refractivity contribution in [3.63, 3.8) is 0 Å². The molecule has 0 radical (unpaired) electrons. The largest absolute Gasteiger partial charge is 0.355 e. The van der Waals surface area contributed by atoms with Crippen LogP contribution in [0.4, 0.5) is 0 Å². The Morgan fingerprint density at radius 1 is 0.500 bits per heavy atom. The number of amides is 2. The van der Waals surface area contributed by atoms with Gasteiger partial charge in [-0.15, -0.1) is 0 Å². The van der Waals surface area contributed by atoms with Gasteiger partial charge in [0.05, 0.1) is 0 Å². The van der Waals surface area contributed by atoms with Crippen LogP contribution in [0.1, 0.15) is 20.7 Å². The van der Waals surface area contributed by atoms with Gasteiger partial charge in [0.2, 0.25) is 0 Å². The lowest BCUT2D eigenvalue weighted by Gasteiger charge is -2.07. The Hall–Kier alpha value is -3.40. The van der Waals surface area contributed by atoms with Crippen LogP contribution in [0.2, 0.25) is 0 Å². The van der Waals surface area contributed by atoms with Crippen LogP contribution in [0, 0.1) is 0 Å². The first-order valence-corrected chi connectivity index (χ1v) is 8.37. The van der Waals surface area contributed by atoms with Crippen LogP contribution < -0.4 is 10.6 Å². The first-order valence-electron chi connectivity index (χ1n) is 8.37. The first-order chi connectivity index (χ1) is 12.6. The minimum Gasteiger partial charge on any atom is -0.355 e. The number of hydrogen-bond acceptors (Lipinski definition) is 2. The van der Waals surface area contributed by atoms with Crippen molar-refractivity contribution < 1.29 is 9.59 Å². The zero-order valence-corrected chi connectivity index (χ0v) is 14.7. The fourth-order valence-electron chi connectivity index (χ4n) is 2.77. The fraction of sp³-hybridized carbons (Fsp3) is 0.0909. The first kappa shape index (κ1) is 17.4. The summed E-state index contributed by atoms with van der Waals surface area (Å²) in [6.45, 7) is 0. The molecular formula is C22H20N2O2. The predicted octanol–water partition coefficient (Wildman–Crippen LogP) is 3.74. The molecule has 2 amide bonds. The van der Waals surface area contributed by atoms with Crippen LogP contribution in [-0.2, 0) is 0 Å². The SMILES string of the molecule is CNC(=O)c1ccc(-c2ccc(-c3ccc(C(=O)NC)cc3)cc2)cc1. The topological polar surface area (TPSA) is 58.2 Å². The number of rotatable bonds is 4. The van der Waals surface area contributed by atoms with Crippen molar-refractivity contribution in [1.29, 1.82) is 0 Å². The molecule has 0 aliphatic heterocycles. The van der Waals surface area contributed by atoms with Gasteiger partial charge in [-0.3, -0.25) is 9.59 Å². The highest BCUT2D eigenvalue weighted by molar-refractivity contribution is 5.95.